The fourth-order valence-corrected chi connectivity index (χ4v) is 4.29. The molecule has 0 unspecified atom stereocenters. The van der Waals surface area contributed by atoms with Crippen molar-refractivity contribution in [2.24, 2.45) is 0 Å². The molecule has 1 saturated carbocycles. The molecule has 0 radical (unpaired) electrons. The lowest BCUT2D eigenvalue weighted by Crippen LogP contribution is -2.46. The summed E-state index contributed by atoms with van der Waals surface area (Å²) in [5, 5.41) is 11.8. The maximum Gasteiger partial charge on any atom is 0.259 e. The first-order chi connectivity index (χ1) is 13.2. The lowest BCUT2D eigenvalue weighted by molar-refractivity contribution is 0.0712. The van der Waals surface area contributed by atoms with Crippen molar-refractivity contribution in [3.8, 4) is 5.75 Å². The lowest BCUT2D eigenvalue weighted by Gasteiger charge is -2.31. The number of benzene rings is 2. The van der Waals surface area contributed by atoms with Crippen LogP contribution in [0.5, 0.6) is 5.75 Å². The summed E-state index contributed by atoms with van der Waals surface area (Å²) in [5.41, 5.74) is 0.143. The van der Waals surface area contributed by atoms with Gasteiger partial charge in [-0.25, -0.2) is 17.5 Å². The Hall–Kier alpha value is -2.20. The second kappa shape index (κ2) is 8.04. The third-order valence-corrected chi connectivity index (χ3v) is 6.17. The molecule has 3 N–H and O–H groups in total. The number of sulfonamides is 1. The van der Waals surface area contributed by atoms with Gasteiger partial charge in [-0.15, -0.1) is 0 Å². The average molecular weight is 429 g/mol. The van der Waals surface area contributed by atoms with E-state index >= 15 is 0 Å². The van der Waals surface area contributed by atoms with E-state index in [1.165, 1.54) is 31.4 Å². The number of amides is 1. The Balaban J connectivity index is 1.87. The summed E-state index contributed by atoms with van der Waals surface area (Å²) in [7, 11) is -2.54. The molecule has 1 aliphatic carbocycles. The highest BCUT2D eigenvalue weighted by atomic mass is 35.5. The Labute approximate surface area is 166 Å². The molecule has 0 aromatic heterocycles. The predicted molar refractivity (Wildman–Crippen MR) is 102 cm³/mol. The van der Waals surface area contributed by atoms with Crippen LogP contribution in [0.15, 0.2) is 41.3 Å². The monoisotopic (exact) mass is 428 g/mol. The number of nitrogens with one attached hydrogen (secondary N) is 2. The summed E-state index contributed by atoms with van der Waals surface area (Å²) in [6, 6.07) is 7.00. The molecule has 7 nitrogen and oxygen atoms in total. The molecule has 2 aromatic carbocycles. The molecule has 0 aliphatic heterocycles. The number of carbonyl (C=O) groups excluding carboxylic acids is 1. The summed E-state index contributed by atoms with van der Waals surface area (Å²) in [6.07, 6.45) is 0.169. The normalized spacial score (nSPS) is 19.0. The van der Waals surface area contributed by atoms with E-state index in [9.17, 15) is 22.7 Å². The van der Waals surface area contributed by atoms with Crippen LogP contribution in [-0.2, 0) is 10.0 Å². The van der Waals surface area contributed by atoms with Crippen LogP contribution < -0.4 is 14.8 Å². The van der Waals surface area contributed by atoms with Gasteiger partial charge in [0, 0.05) is 6.04 Å². The third-order valence-electron chi connectivity index (χ3n) is 4.34. The molecule has 1 fully saturated rings. The van der Waals surface area contributed by atoms with Crippen LogP contribution in [0.25, 0.3) is 0 Å². The number of rotatable bonds is 6. The zero-order valence-corrected chi connectivity index (χ0v) is 16.3. The fraction of sp³-hybridized carbons (Fsp3) is 0.278. The molecule has 150 valence electrons. The molecule has 10 heteroatoms. The number of halogens is 2. The van der Waals surface area contributed by atoms with E-state index in [0.717, 1.165) is 12.1 Å². The molecule has 2 aromatic rings. The first-order valence-electron chi connectivity index (χ1n) is 8.34. The van der Waals surface area contributed by atoms with Gasteiger partial charge in [0.2, 0.25) is 10.0 Å². The minimum absolute atomic E-state index is 0.00120. The van der Waals surface area contributed by atoms with E-state index in [0.29, 0.717) is 12.8 Å². The van der Waals surface area contributed by atoms with E-state index in [1.54, 1.807) is 0 Å². The van der Waals surface area contributed by atoms with Gasteiger partial charge in [-0.1, -0.05) is 11.6 Å². The van der Waals surface area contributed by atoms with Gasteiger partial charge < -0.3 is 15.2 Å². The highest BCUT2D eigenvalue weighted by Crippen LogP contribution is 2.28. The molecular weight excluding hydrogens is 411 g/mol. The molecule has 0 atom stereocenters. The number of carbonyl (C=O) groups is 1. The van der Waals surface area contributed by atoms with Crippen LogP contribution >= 0.6 is 11.6 Å². The van der Waals surface area contributed by atoms with Crippen LogP contribution in [0.2, 0.25) is 5.02 Å². The van der Waals surface area contributed by atoms with E-state index in [1.807, 2.05) is 0 Å². The molecule has 28 heavy (non-hydrogen) atoms. The zero-order chi connectivity index (χ0) is 20.5. The number of methoxy groups -OCH3 is 1. The summed E-state index contributed by atoms with van der Waals surface area (Å²) in [4.78, 5) is 12.5. The smallest absolute Gasteiger partial charge is 0.259 e. The van der Waals surface area contributed by atoms with E-state index in [2.05, 4.69) is 10.0 Å². The molecular formula is C18H18ClFN2O5S. The van der Waals surface area contributed by atoms with Crippen molar-refractivity contribution in [3.63, 3.8) is 0 Å². The summed E-state index contributed by atoms with van der Waals surface area (Å²) in [6.45, 7) is 0. The SMILES string of the molecule is COc1ccc(S(=O)(=O)N[C@H]2C[C@@H](O)C2)cc1C(=O)Nc1ccc(F)cc1Cl. The largest absolute Gasteiger partial charge is 0.496 e. The Morgan fingerprint density at radius 3 is 2.57 bits per heavy atom. The minimum atomic E-state index is -3.88. The summed E-state index contributed by atoms with van der Waals surface area (Å²) in [5.74, 6) is -1.06. The average Bonchev–Trinajstić information content (AvgIpc) is 2.62. The van der Waals surface area contributed by atoms with Crippen LogP contribution in [0.1, 0.15) is 23.2 Å². The van der Waals surface area contributed by atoms with Crippen molar-refractivity contribution in [2.75, 3.05) is 12.4 Å². The Morgan fingerprint density at radius 1 is 1.25 bits per heavy atom. The van der Waals surface area contributed by atoms with E-state index in [-0.39, 0.29) is 33.0 Å². The van der Waals surface area contributed by atoms with Gasteiger partial charge >= 0.3 is 0 Å². The number of ether oxygens (including phenoxy) is 1. The van der Waals surface area contributed by atoms with E-state index in [4.69, 9.17) is 16.3 Å². The van der Waals surface area contributed by atoms with Crippen molar-refractivity contribution in [2.45, 2.75) is 29.9 Å². The van der Waals surface area contributed by atoms with Gasteiger partial charge in [0.1, 0.15) is 11.6 Å². The van der Waals surface area contributed by atoms with Gasteiger partial charge in [0.15, 0.2) is 0 Å². The number of anilines is 1. The molecule has 0 spiro atoms. The van der Waals surface area contributed by atoms with Crippen LogP contribution in [-0.4, -0.2) is 38.7 Å². The highest BCUT2D eigenvalue weighted by molar-refractivity contribution is 7.89. The first kappa shape index (κ1) is 20.5. The lowest BCUT2D eigenvalue weighted by atomic mass is 9.91. The van der Waals surface area contributed by atoms with Gasteiger partial charge in [-0.3, -0.25) is 4.79 Å². The van der Waals surface area contributed by atoms with Gasteiger partial charge in [0.05, 0.1) is 34.4 Å². The Kier molecular flexibility index (Phi) is 5.90. The Bertz CT molecular complexity index is 1010. The second-order valence-corrected chi connectivity index (χ2v) is 8.51. The number of aliphatic hydroxyl groups is 1. The van der Waals surface area contributed by atoms with Crippen LogP contribution in [0.3, 0.4) is 0 Å². The van der Waals surface area contributed by atoms with Crippen LogP contribution in [0, 0.1) is 5.82 Å². The summed E-state index contributed by atoms with van der Waals surface area (Å²) >= 11 is 5.92. The fourth-order valence-electron chi connectivity index (χ4n) is 2.78. The number of hydrogen-bond acceptors (Lipinski definition) is 5. The number of aliphatic hydroxyl groups excluding tert-OH is 1. The summed E-state index contributed by atoms with van der Waals surface area (Å²) < 4.78 is 45.9. The van der Waals surface area contributed by atoms with Crippen molar-refractivity contribution >= 4 is 33.2 Å². The molecule has 0 saturated heterocycles. The molecule has 1 aliphatic rings. The van der Waals surface area contributed by atoms with Gasteiger partial charge in [0.25, 0.3) is 5.91 Å². The molecule has 0 heterocycles. The van der Waals surface area contributed by atoms with Crippen molar-refractivity contribution < 1.29 is 27.4 Å². The predicted octanol–water partition coefficient (Wildman–Crippen LogP) is 2.54. The van der Waals surface area contributed by atoms with Crippen molar-refractivity contribution in [3.05, 3.63) is 52.8 Å². The van der Waals surface area contributed by atoms with Gasteiger partial charge in [-0.2, -0.15) is 0 Å². The maximum absolute atomic E-state index is 13.2. The Morgan fingerprint density at radius 2 is 1.96 bits per heavy atom. The van der Waals surface area contributed by atoms with Crippen molar-refractivity contribution in [1.82, 2.24) is 4.72 Å². The highest BCUT2D eigenvalue weighted by Gasteiger charge is 2.31. The molecule has 1 amide bonds. The van der Waals surface area contributed by atoms with Gasteiger partial charge in [-0.05, 0) is 49.2 Å². The van der Waals surface area contributed by atoms with E-state index < -0.39 is 27.9 Å². The second-order valence-electron chi connectivity index (χ2n) is 6.38. The molecule has 3 rings (SSSR count). The third kappa shape index (κ3) is 4.44. The molecule has 0 bridgehead atoms. The number of hydrogen-bond donors (Lipinski definition) is 3. The quantitative estimate of drug-likeness (QED) is 0.655. The minimum Gasteiger partial charge on any atom is -0.496 e. The van der Waals surface area contributed by atoms with Crippen molar-refractivity contribution in [1.29, 1.82) is 0 Å². The maximum atomic E-state index is 13.2. The van der Waals surface area contributed by atoms with Crippen LogP contribution in [0.4, 0.5) is 10.1 Å². The topological polar surface area (TPSA) is 105 Å². The standard InChI is InChI=1S/C18H18ClFN2O5S/c1-27-17-5-3-13(28(25,26)22-11-7-12(23)8-11)9-14(17)18(24)21-16-4-2-10(20)6-15(16)19/h2-6,9,11-12,22-23H,7-8H2,1H3,(H,21,24)/t11-,12+. The zero-order valence-electron chi connectivity index (χ0n) is 14.8. The first-order valence-corrected chi connectivity index (χ1v) is 10.2.